The van der Waals surface area contributed by atoms with E-state index in [2.05, 4.69) is 16.0 Å². The monoisotopic (exact) mass is 401 g/mol. The van der Waals surface area contributed by atoms with Crippen LogP contribution in [0.4, 0.5) is 5.69 Å². The molecule has 0 atom stereocenters. The van der Waals surface area contributed by atoms with Gasteiger partial charge in [-0.25, -0.2) is 0 Å². The number of hydrogen-bond donors (Lipinski definition) is 3. The number of nitrogens with one attached hydrogen (secondary N) is 3. The van der Waals surface area contributed by atoms with Gasteiger partial charge in [-0.15, -0.1) is 0 Å². The fourth-order valence-electron chi connectivity index (χ4n) is 2.39. The van der Waals surface area contributed by atoms with Crippen molar-refractivity contribution in [3.8, 4) is 0 Å². The van der Waals surface area contributed by atoms with Crippen LogP contribution >= 0.6 is 11.6 Å². The van der Waals surface area contributed by atoms with Gasteiger partial charge in [0.2, 0.25) is 11.8 Å². The van der Waals surface area contributed by atoms with Gasteiger partial charge in [0.05, 0.1) is 16.8 Å². The number of anilines is 1. The second kappa shape index (κ2) is 9.23. The highest BCUT2D eigenvalue weighted by atomic mass is 35.5. The van der Waals surface area contributed by atoms with Crippen molar-refractivity contribution >= 4 is 41.1 Å². The van der Waals surface area contributed by atoms with Crippen LogP contribution in [0.3, 0.4) is 0 Å². The molecule has 0 aliphatic heterocycles. The molecule has 1 aliphatic carbocycles. The van der Waals surface area contributed by atoms with E-state index in [0.717, 1.165) is 12.8 Å². The van der Waals surface area contributed by atoms with Crippen molar-refractivity contribution in [2.45, 2.75) is 25.3 Å². The molecule has 1 saturated carbocycles. The lowest BCUT2D eigenvalue weighted by molar-refractivity contribution is -0.117. The Hall–Kier alpha value is -3.06. The van der Waals surface area contributed by atoms with E-state index < -0.39 is 0 Å². The summed E-state index contributed by atoms with van der Waals surface area (Å²) in [7, 11) is 0. The first-order chi connectivity index (χ1) is 13.5. The van der Waals surface area contributed by atoms with Crippen LogP contribution < -0.4 is 16.0 Å². The van der Waals surface area contributed by atoms with Crippen LogP contribution in [-0.4, -0.2) is 30.3 Å². The largest absolute Gasteiger partial charge is 0.465 e. The zero-order valence-corrected chi connectivity index (χ0v) is 15.8. The van der Waals surface area contributed by atoms with E-state index in [4.69, 9.17) is 16.0 Å². The summed E-state index contributed by atoms with van der Waals surface area (Å²) < 4.78 is 5.08. The number of rotatable bonds is 8. The van der Waals surface area contributed by atoms with Crippen molar-refractivity contribution < 1.29 is 18.8 Å². The Morgan fingerprint density at radius 1 is 1.21 bits per heavy atom. The number of furan rings is 1. The lowest BCUT2D eigenvalue weighted by Crippen LogP contribution is -2.26. The Bertz CT molecular complexity index is 889. The number of benzene rings is 1. The minimum atomic E-state index is -0.321. The Labute approximate surface area is 167 Å². The average molecular weight is 402 g/mol. The van der Waals surface area contributed by atoms with Crippen molar-refractivity contribution in [2.24, 2.45) is 0 Å². The van der Waals surface area contributed by atoms with E-state index in [-0.39, 0.29) is 41.8 Å². The van der Waals surface area contributed by atoms with E-state index in [9.17, 15) is 14.4 Å². The average Bonchev–Trinajstić information content (AvgIpc) is 3.30. The third kappa shape index (κ3) is 5.99. The van der Waals surface area contributed by atoms with Crippen LogP contribution in [-0.2, 0) is 9.59 Å². The highest BCUT2D eigenvalue weighted by Gasteiger charge is 2.24. The molecule has 3 rings (SSSR count). The molecule has 0 radical (unpaired) electrons. The minimum absolute atomic E-state index is 0.0991. The summed E-state index contributed by atoms with van der Waals surface area (Å²) in [6, 6.07) is 8.43. The Morgan fingerprint density at radius 3 is 2.71 bits per heavy atom. The number of carbonyl (C=O) groups excluding carboxylic acids is 3. The molecule has 8 heteroatoms. The molecule has 0 unspecified atom stereocenters. The first-order valence-electron chi connectivity index (χ1n) is 8.91. The van der Waals surface area contributed by atoms with Crippen molar-refractivity contribution in [3.63, 3.8) is 0 Å². The van der Waals surface area contributed by atoms with Crippen molar-refractivity contribution in [3.05, 3.63) is 59.0 Å². The maximum atomic E-state index is 12.0. The molecular formula is C20H20ClN3O4. The van der Waals surface area contributed by atoms with E-state index in [0.29, 0.717) is 17.0 Å². The van der Waals surface area contributed by atoms with Gasteiger partial charge in [0, 0.05) is 30.8 Å². The second-order valence-electron chi connectivity index (χ2n) is 6.38. The lowest BCUT2D eigenvalue weighted by atomic mass is 10.2. The minimum Gasteiger partial charge on any atom is -0.465 e. The normalized spacial score (nSPS) is 13.3. The summed E-state index contributed by atoms with van der Waals surface area (Å²) in [4.78, 5) is 35.7. The van der Waals surface area contributed by atoms with Crippen molar-refractivity contribution in [1.82, 2.24) is 10.6 Å². The molecule has 0 bridgehead atoms. The zero-order valence-electron chi connectivity index (χ0n) is 15.0. The second-order valence-corrected chi connectivity index (χ2v) is 6.79. The maximum absolute atomic E-state index is 12.0. The molecule has 3 amide bonds. The lowest BCUT2D eigenvalue weighted by Gasteiger charge is -2.09. The van der Waals surface area contributed by atoms with Gasteiger partial charge in [0.15, 0.2) is 0 Å². The first kappa shape index (κ1) is 19.7. The van der Waals surface area contributed by atoms with E-state index in [1.54, 1.807) is 30.3 Å². The number of halogens is 1. The molecule has 0 saturated heterocycles. The predicted molar refractivity (Wildman–Crippen MR) is 106 cm³/mol. The molecule has 1 aliphatic rings. The van der Waals surface area contributed by atoms with Gasteiger partial charge < -0.3 is 20.4 Å². The van der Waals surface area contributed by atoms with E-state index >= 15 is 0 Å². The quantitative estimate of drug-likeness (QED) is 0.592. The highest BCUT2D eigenvalue weighted by Crippen LogP contribution is 2.24. The van der Waals surface area contributed by atoms with E-state index in [1.807, 2.05) is 0 Å². The molecule has 146 valence electrons. The van der Waals surface area contributed by atoms with Gasteiger partial charge in [-0.05, 0) is 49.2 Å². The van der Waals surface area contributed by atoms with Crippen LogP contribution in [0.5, 0.6) is 0 Å². The predicted octanol–water partition coefficient (Wildman–Crippen LogP) is 2.98. The number of hydrogen-bond acceptors (Lipinski definition) is 4. The third-order valence-corrected chi connectivity index (χ3v) is 4.32. The van der Waals surface area contributed by atoms with E-state index in [1.165, 1.54) is 18.4 Å². The summed E-state index contributed by atoms with van der Waals surface area (Å²) >= 11 is 6.15. The molecule has 1 fully saturated rings. The zero-order chi connectivity index (χ0) is 19.9. The first-order valence-corrected chi connectivity index (χ1v) is 9.29. The Kier molecular flexibility index (Phi) is 6.49. The van der Waals surface area contributed by atoms with Crippen LogP contribution in [0, 0.1) is 0 Å². The van der Waals surface area contributed by atoms with Gasteiger partial charge in [0.25, 0.3) is 5.91 Å². The van der Waals surface area contributed by atoms with Crippen LogP contribution in [0.2, 0.25) is 5.02 Å². The van der Waals surface area contributed by atoms with Crippen LogP contribution in [0.1, 0.15) is 35.4 Å². The SMILES string of the molecule is O=C(/C=C/c1ccco1)NCCC(=O)Nc1ccc(C(=O)NC2CC2)c(Cl)c1. The van der Waals surface area contributed by atoms with Crippen LogP contribution in [0.15, 0.2) is 47.1 Å². The Balaban J connectivity index is 1.42. The van der Waals surface area contributed by atoms with Gasteiger partial charge in [-0.2, -0.15) is 0 Å². The summed E-state index contributed by atoms with van der Waals surface area (Å²) in [5.41, 5.74) is 0.865. The number of carbonyl (C=O) groups is 3. The molecule has 1 aromatic carbocycles. The van der Waals surface area contributed by atoms with Gasteiger partial charge in [-0.1, -0.05) is 11.6 Å². The summed E-state index contributed by atoms with van der Waals surface area (Å²) in [5, 5.41) is 8.44. The topological polar surface area (TPSA) is 100 Å². The van der Waals surface area contributed by atoms with Gasteiger partial charge >= 0.3 is 0 Å². The highest BCUT2D eigenvalue weighted by molar-refractivity contribution is 6.34. The fraction of sp³-hybridized carbons (Fsp3) is 0.250. The standard InChI is InChI=1S/C20H20ClN3O4/c21-17-12-14(5-7-16(17)20(27)24-13-3-4-13)23-19(26)9-10-22-18(25)8-6-15-2-1-11-28-15/h1-2,5-8,11-13H,3-4,9-10H2,(H,22,25)(H,23,26)(H,24,27)/b8-6+. The molecule has 28 heavy (non-hydrogen) atoms. The van der Waals surface area contributed by atoms with Crippen molar-refractivity contribution in [1.29, 1.82) is 0 Å². The summed E-state index contributed by atoms with van der Waals surface area (Å²) in [6.45, 7) is 0.183. The van der Waals surface area contributed by atoms with Crippen molar-refractivity contribution in [2.75, 3.05) is 11.9 Å². The Morgan fingerprint density at radius 2 is 2.04 bits per heavy atom. The fourth-order valence-corrected chi connectivity index (χ4v) is 2.66. The van der Waals surface area contributed by atoms with Gasteiger partial charge in [-0.3, -0.25) is 14.4 Å². The van der Waals surface area contributed by atoms with Crippen LogP contribution in [0.25, 0.3) is 6.08 Å². The summed E-state index contributed by atoms with van der Waals surface area (Å²) in [6.07, 6.45) is 6.47. The number of amides is 3. The molecule has 1 heterocycles. The summed E-state index contributed by atoms with van der Waals surface area (Å²) in [5.74, 6) is -0.241. The third-order valence-electron chi connectivity index (χ3n) is 4.00. The maximum Gasteiger partial charge on any atom is 0.253 e. The molecule has 3 N–H and O–H groups in total. The molecule has 1 aromatic heterocycles. The smallest absolute Gasteiger partial charge is 0.253 e. The van der Waals surface area contributed by atoms with Gasteiger partial charge in [0.1, 0.15) is 5.76 Å². The molecular weight excluding hydrogens is 382 g/mol. The molecule has 7 nitrogen and oxygen atoms in total. The molecule has 2 aromatic rings. The molecule has 0 spiro atoms.